The molecule has 1 N–H and O–H groups in total. The van der Waals surface area contributed by atoms with Crippen molar-refractivity contribution >= 4 is 0 Å². The van der Waals surface area contributed by atoms with Gasteiger partial charge in [0.05, 0.1) is 16.9 Å². The molecule has 0 spiro atoms. The number of hydrogen-bond donors (Lipinski definition) is 1. The Morgan fingerprint density at radius 1 is 1.00 bits per heavy atom. The number of fused-ring (bicyclic) bond motifs is 2. The average Bonchev–Trinajstić information content (AvgIpc) is 3.02. The summed E-state index contributed by atoms with van der Waals surface area (Å²) < 4.78 is 2.26. The molecule has 3 rings (SSSR count). The molecule has 1 heterocycles. The molecule has 0 unspecified atom stereocenters. The van der Waals surface area contributed by atoms with Crippen molar-refractivity contribution in [3.63, 3.8) is 0 Å². The van der Waals surface area contributed by atoms with Gasteiger partial charge in [0.15, 0.2) is 0 Å². The third-order valence-electron chi connectivity index (χ3n) is 6.91. The molecular formula is C22H40N4. The molecule has 0 radical (unpaired) electrons. The second kappa shape index (κ2) is 7.61. The zero-order chi connectivity index (χ0) is 18.9. The fourth-order valence-electron chi connectivity index (χ4n) is 5.38. The van der Waals surface area contributed by atoms with E-state index in [9.17, 15) is 0 Å². The number of aromatic nitrogens is 3. The summed E-state index contributed by atoms with van der Waals surface area (Å²) in [6.07, 6.45) is 9.74. The van der Waals surface area contributed by atoms with Gasteiger partial charge in [-0.15, -0.1) is 5.10 Å². The van der Waals surface area contributed by atoms with Crippen molar-refractivity contribution in [1.82, 2.24) is 20.3 Å². The molecule has 1 saturated carbocycles. The summed E-state index contributed by atoms with van der Waals surface area (Å²) in [5.74, 6) is 2.69. The molecule has 26 heavy (non-hydrogen) atoms. The van der Waals surface area contributed by atoms with E-state index >= 15 is 0 Å². The van der Waals surface area contributed by atoms with Gasteiger partial charge in [0, 0.05) is 5.54 Å². The van der Waals surface area contributed by atoms with E-state index in [4.69, 9.17) is 0 Å². The highest BCUT2D eigenvalue weighted by Crippen LogP contribution is 2.52. The van der Waals surface area contributed by atoms with Crippen molar-refractivity contribution in [3.05, 3.63) is 11.4 Å². The molecular weight excluding hydrogens is 320 g/mol. The fraction of sp³-hybridized carbons (Fsp3) is 0.909. The normalized spacial score (nSPS) is 26.0. The van der Waals surface area contributed by atoms with Crippen molar-refractivity contribution in [2.45, 2.75) is 104 Å². The lowest BCUT2D eigenvalue weighted by Crippen LogP contribution is -2.40. The van der Waals surface area contributed by atoms with E-state index in [1.165, 1.54) is 50.0 Å². The van der Waals surface area contributed by atoms with Crippen LogP contribution in [0, 0.1) is 17.8 Å². The van der Waals surface area contributed by atoms with Gasteiger partial charge in [-0.1, -0.05) is 31.9 Å². The zero-order valence-corrected chi connectivity index (χ0v) is 17.9. The molecule has 2 aliphatic carbocycles. The molecule has 4 nitrogen and oxygen atoms in total. The summed E-state index contributed by atoms with van der Waals surface area (Å²) in [6.45, 7) is 15.1. The Balaban J connectivity index is 1.62. The molecule has 0 bridgehead atoms. The quantitative estimate of drug-likeness (QED) is 0.729. The van der Waals surface area contributed by atoms with E-state index in [1.807, 2.05) is 0 Å². The van der Waals surface area contributed by atoms with Crippen LogP contribution in [0.5, 0.6) is 0 Å². The minimum absolute atomic E-state index is 0.0859. The third kappa shape index (κ3) is 4.16. The molecule has 0 aliphatic heterocycles. The van der Waals surface area contributed by atoms with E-state index in [-0.39, 0.29) is 11.1 Å². The van der Waals surface area contributed by atoms with Crippen LogP contribution in [0.4, 0.5) is 0 Å². The molecule has 0 amide bonds. The van der Waals surface area contributed by atoms with Crippen LogP contribution in [0.15, 0.2) is 0 Å². The average molecular weight is 361 g/mol. The van der Waals surface area contributed by atoms with E-state index in [1.54, 1.807) is 0 Å². The van der Waals surface area contributed by atoms with Gasteiger partial charge in [-0.3, -0.25) is 0 Å². The van der Waals surface area contributed by atoms with Crippen LogP contribution in [0.1, 0.15) is 91.5 Å². The van der Waals surface area contributed by atoms with E-state index < -0.39 is 0 Å². The Hall–Kier alpha value is -0.900. The highest BCUT2D eigenvalue weighted by atomic mass is 15.5. The molecule has 0 aromatic carbocycles. The standard InChI is InChI=1S/C22H40N4/c1-7-13-21(3,4)23-15-18-16-9-11-19-20(12-10-17(16)18)26(25-24-19)22(5,6)14-8-2/h16-18,23H,7-15H2,1-6H3/t16-,17+,18-/m0/s1. The summed E-state index contributed by atoms with van der Waals surface area (Å²) in [6, 6.07) is 0. The van der Waals surface area contributed by atoms with Gasteiger partial charge in [0.2, 0.25) is 0 Å². The van der Waals surface area contributed by atoms with Crippen molar-refractivity contribution < 1.29 is 0 Å². The fourth-order valence-corrected chi connectivity index (χ4v) is 5.38. The van der Waals surface area contributed by atoms with Crippen molar-refractivity contribution in [2.75, 3.05) is 6.54 Å². The van der Waals surface area contributed by atoms with Crippen LogP contribution in [0.25, 0.3) is 0 Å². The Labute approximate surface area is 160 Å². The van der Waals surface area contributed by atoms with Crippen LogP contribution in [0.3, 0.4) is 0 Å². The van der Waals surface area contributed by atoms with Crippen LogP contribution >= 0.6 is 0 Å². The topological polar surface area (TPSA) is 42.7 Å². The van der Waals surface area contributed by atoms with Gasteiger partial charge in [0.1, 0.15) is 0 Å². The lowest BCUT2D eigenvalue weighted by atomic mass is 9.96. The van der Waals surface area contributed by atoms with Gasteiger partial charge in [-0.2, -0.15) is 0 Å². The zero-order valence-electron chi connectivity index (χ0n) is 17.9. The van der Waals surface area contributed by atoms with Gasteiger partial charge < -0.3 is 5.32 Å². The van der Waals surface area contributed by atoms with Crippen LogP contribution < -0.4 is 5.32 Å². The van der Waals surface area contributed by atoms with Gasteiger partial charge in [-0.05, 0) is 90.5 Å². The van der Waals surface area contributed by atoms with Crippen molar-refractivity contribution in [3.8, 4) is 0 Å². The molecule has 1 aromatic rings. The Bertz CT molecular complexity index is 601. The van der Waals surface area contributed by atoms with Crippen LogP contribution in [0.2, 0.25) is 0 Å². The minimum Gasteiger partial charge on any atom is -0.311 e. The molecule has 2 aliphatic rings. The lowest BCUT2D eigenvalue weighted by Gasteiger charge is -2.27. The summed E-state index contributed by atoms with van der Waals surface area (Å²) >= 11 is 0. The number of rotatable bonds is 8. The smallest absolute Gasteiger partial charge is 0.0859 e. The highest BCUT2D eigenvalue weighted by molar-refractivity contribution is 5.17. The predicted octanol–water partition coefficient (Wildman–Crippen LogP) is 4.72. The monoisotopic (exact) mass is 360 g/mol. The maximum atomic E-state index is 4.59. The maximum absolute atomic E-state index is 4.59. The molecule has 3 atom stereocenters. The Morgan fingerprint density at radius 2 is 1.65 bits per heavy atom. The van der Waals surface area contributed by atoms with E-state index in [0.717, 1.165) is 37.0 Å². The molecule has 148 valence electrons. The summed E-state index contributed by atoms with van der Waals surface area (Å²) in [5, 5.41) is 13.0. The van der Waals surface area contributed by atoms with Crippen molar-refractivity contribution in [2.24, 2.45) is 17.8 Å². The largest absolute Gasteiger partial charge is 0.311 e. The van der Waals surface area contributed by atoms with Gasteiger partial charge in [0.25, 0.3) is 0 Å². The summed E-state index contributed by atoms with van der Waals surface area (Å²) in [5.41, 5.74) is 3.06. The summed E-state index contributed by atoms with van der Waals surface area (Å²) in [4.78, 5) is 0. The highest BCUT2D eigenvalue weighted by Gasteiger charge is 2.49. The van der Waals surface area contributed by atoms with Crippen LogP contribution in [-0.2, 0) is 18.4 Å². The lowest BCUT2D eigenvalue weighted by molar-refractivity contribution is 0.276. The molecule has 0 saturated heterocycles. The molecule has 1 aromatic heterocycles. The second-order valence-corrected chi connectivity index (χ2v) is 10.0. The van der Waals surface area contributed by atoms with E-state index in [2.05, 4.69) is 61.9 Å². The first-order chi connectivity index (χ1) is 12.3. The number of nitrogens with one attached hydrogen (secondary N) is 1. The Morgan fingerprint density at radius 3 is 2.31 bits per heavy atom. The SMILES string of the molecule is CCCC(C)(C)NC[C@@H]1[C@@H]2CCc3c(nnn3C(C)(C)CCC)CC[C@@H]21. The first-order valence-electron chi connectivity index (χ1n) is 11.0. The van der Waals surface area contributed by atoms with Gasteiger partial charge in [-0.25, -0.2) is 4.68 Å². The first kappa shape index (κ1) is 19.9. The number of hydrogen-bond acceptors (Lipinski definition) is 3. The van der Waals surface area contributed by atoms with E-state index in [0.29, 0.717) is 0 Å². The molecule has 1 fully saturated rings. The van der Waals surface area contributed by atoms with Crippen molar-refractivity contribution in [1.29, 1.82) is 0 Å². The predicted molar refractivity (Wildman–Crippen MR) is 108 cm³/mol. The first-order valence-corrected chi connectivity index (χ1v) is 11.0. The maximum Gasteiger partial charge on any atom is 0.0859 e. The van der Waals surface area contributed by atoms with Crippen LogP contribution in [-0.4, -0.2) is 27.1 Å². The minimum atomic E-state index is 0.0859. The summed E-state index contributed by atoms with van der Waals surface area (Å²) in [7, 11) is 0. The van der Waals surface area contributed by atoms with Gasteiger partial charge >= 0.3 is 0 Å². The second-order valence-electron chi connectivity index (χ2n) is 10.0. The third-order valence-corrected chi connectivity index (χ3v) is 6.91. The number of aryl methyl sites for hydroxylation is 1. The Kier molecular flexibility index (Phi) is 5.81. The number of nitrogens with zero attached hydrogens (tertiary/aromatic N) is 3. The molecule has 4 heteroatoms.